The van der Waals surface area contributed by atoms with Gasteiger partial charge in [-0.15, -0.1) is 0 Å². The quantitative estimate of drug-likeness (QED) is 0.705. The highest BCUT2D eigenvalue weighted by Crippen LogP contribution is 2.57. The molecule has 2 aromatic rings. The summed E-state index contributed by atoms with van der Waals surface area (Å²) < 4.78 is 11.3. The minimum Gasteiger partial charge on any atom is -0.462 e. The van der Waals surface area contributed by atoms with Crippen molar-refractivity contribution in [2.75, 3.05) is 18.1 Å². The molecular formula is C27H26N2O5. The Morgan fingerprint density at radius 1 is 1.09 bits per heavy atom. The van der Waals surface area contributed by atoms with Gasteiger partial charge >= 0.3 is 5.97 Å². The minimum absolute atomic E-state index is 0.0922. The summed E-state index contributed by atoms with van der Waals surface area (Å²) in [7, 11) is 0. The lowest BCUT2D eigenvalue weighted by atomic mass is 9.63. The normalized spacial score (nSPS) is 23.7. The molecule has 3 aliphatic rings. The third-order valence-electron chi connectivity index (χ3n) is 6.88. The Hall–Kier alpha value is -3.87. The van der Waals surface area contributed by atoms with E-state index in [-0.39, 0.29) is 47.7 Å². The number of fused-ring (bicyclic) bond motifs is 3. The summed E-state index contributed by atoms with van der Waals surface area (Å²) >= 11 is 0. The van der Waals surface area contributed by atoms with Gasteiger partial charge in [0.15, 0.2) is 5.78 Å². The Kier molecular flexibility index (Phi) is 5.27. The highest BCUT2D eigenvalue weighted by molar-refractivity contribution is 6.23. The van der Waals surface area contributed by atoms with Crippen molar-refractivity contribution in [2.24, 2.45) is 5.73 Å². The Morgan fingerprint density at radius 3 is 2.50 bits per heavy atom. The zero-order valence-electron chi connectivity index (χ0n) is 19.2. The molecule has 2 aliphatic heterocycles. The zero-order valence-corrected chi connectivity index (χ0v) is 19.2. The van der Waals surface area contributed by atoms with E-state index in [0.717, 1.165) is 5.56 Å². The number of nitrogens with two attached hydrogens (primary N) is 1. The molecule has 1 aliphatic carbocycles. The molecule has 2 atom stereocenters. The van der Waals surface area contributed by atoms with Gasteiger partial charge in [-0.2, -0.15) is 0 Å². The fraction of sp³-hybridized carbons (Fsp3) is 0.296. The van der Waals surface area contributed by atoms with E-state index in [0.29, 0.717) is 30.0 Å². The van der Waals surface area contributed by atoms with Crippen LogP contribution >= 0.6 is 0 Å². The number of benzene rings is 2. The number of carbonyl (C=O) groups excluding carboxylic acids is 3. The van der Waals surface area contributed by atoms with Gasteiger partial charge in [0.05, 0.1) is 12.2 Å². The fourth-order valence-electron chi connectivity index (χ4n) is 5.55. The largest absolute Gasteiger partial charge is 0.462 e. The number of rotatable bonds is 4. The van der Waals surface area contributed by atoms with Crippen LogP contribution in [-0.4, -0.2) is 30.8 Å². The van der Waals surface area contributed by atoms with Crippen LogP contribution in [0.1, 0.15) is 43.7 Å². The van der Waals surface area contributed by atoms with E-state index in [1.54, 1.807) is 24.0 Å². The number of Topliss-reactive ketones (excluding diaryl/α,β-unsaturated/α-hetero) is 1. The Morgan fingerprint density at radius 2 is 1.79 bits per heavy atom. The van der Waals surface area contributed by atoms with E-state index in [2.05, 4.69) is 0 Å². The first-order valence-electron chi connectivity index (χ1n) is 11.5. The van der Waals surface area contributed by atoms with E-state index in [9.17, 15) is 14.4 Å². The first-order chi connectivity index (χ1) is 16.4. The van der Waals surface area contributed by atoms with Gasteiger partial charge in [0, 0.05) is 30.6 Å². The van der Waals surface area contributed by atoms with Crippen LogP contribution in [0.5, 0.6) is 0 Å². The van der Waals surface area contributed by atoms with Crippen LogP contribution < -0.4 is 10.6 Å². The van der Waals surface area contributed by atoms with Gasteiger partial charge in [0.2, 0.25) is 11.8 Å². The molecule has 0 fully saturated rings. The average molecular weight is 459 g/mol. The lowest BCUT2D eigenvalue weighted by Gasteiger charge is -2.40. The van der Waals surface area contributed by atoms with Crippen molar-refractivity contribution in [3.05, 3.63) is 88.5 Å². The van der Waals surface area contributed by atoms with E-state index >= 15 is 0 Å². The van der Waals surface area contributed by atoms with Gasteiger partial charge in [-0.05, 0) is 31.4 Å². The summed E-state index contributed by atoms with van der Waals surface area (Å²) in [6, 6.07) is 16.9. The fourth-order valence-corrected chi connectivity index (χ4v) is 5.55. The number of ether oxygens (including phenoxy) is 2. The number of allylic oxidation sites excluding steroid dienone is 1. The molecule has 0 saturated carbocycles. The number of para-hydroxylation sites is 1. The van der Waals surface area contributed by atoms with Gasteiger partial charge in [-0.3, -0.25) is 9.59 Å². The predicted octanol–water partition coefficient (Wildman–Crippen LogP) is 3.46. The lowest BCUT2D eigenvalue weighted by molar-refractivity contribution is -0.141. The molecule has 0 radical (unpaired) electrons. The van der Waals surface area contributed by atoms with Crippen molar-refractivity contribution in [1.29, 1.82) is 0 Å². The second kappa shape index (κ2) is 8.17. The van der Waals surface area contributed by atoms with Crippen LogP contribution in [0.4, 0.5) is 5.69 Å². The number of hydrogen-bond acceptors (Lipinski definition) is 6. The predicted molar refractivity (Wildman–Crippen MR) is 126 cm³/mol. The van der Waals surface area contributed by atoms with Gasteiger partial charge in [-0.1, -0.05) is 48.5 Å². The third kappa shape index (κ3) is 2.93. The third-order valence-corrected chi connectivity index (χ3v) is 6.88. The summed E-state index contributed by atoms with van der Waals surface area (Å²) in [5, 5.41) is 0. The van der Waals surface area contributed by atoms with Crippen LogP contribution in [0.2, 0.25) is 0 Å². The number of likely N-dealkylation sites (N-methyl/N-ethyl adjacent to an activating group) is 1. The molecule has 7 nitrogen and oxygen atoms in total. The number of carbonyl (C=O) groups is 3. The zero-order chi connectivity index (χ0) is 24.0. The number of ketones is 1. The molecule has 2 aromatic carbocycles. The molecule has 174 valence electrons. The molecule has 0 saturated heterocycles. The van der Waals surface area contributed by atoms with Crippen molar-refractivity contribution in [3.8, 4) is 0 Å². The molecule has 5 rings (SSSR count). The van der Waals surface area contributed by atoms with Gasteiger partial charge in [0.25, 0.3) is 0 Å². The molecule has 0 unspecified atom stereocenters. The summed E-state index contributed by atoms with van der Waals surface area (Å²) in [5.74, 6) is -1.34. The first kappa shape index (κ1) is 21.9. The van der Waals surface area contributed by atoms with Crippen LogP contribution in [-0.2, 0) is 29.3 Å². The average Bonchev–Trinajstić information content (AvgIpc) is 3.07. The maximum absolute atomic E-state index is 14.2. The summed E-state index contributed by atoms with van der Waals surface area (Å²) in [6.45, 7) is 4.00. The van der Waals surface area contributed by atoms with E-state index in [4.69, 9.17) is 15.2 Å². The molecule has 2 N–H and O–H groups in total. The molecule has 2 heterocycles. The highest BCUT2D eigenvalue weighted by atomic mass is 16.5. The second-order valence-corrected chi connectivity index (χ2v) is 8.62. The minimum atomic E-state index is -1.69. The Bertz CT molecular complexity index is 1260. The summed E-state index contributed by atoms with van der Waals surface area (Å²) in [4.78, 5) is 42.8. The van der Waals surface area contributed by atoms with Gasteiger partial charge < -0.3 is 20.1 Å². The Labute approximate surface area is 197 Å². The van der Waals surface area contributed by atoms with Crippen molar-refractivity contribution >= 4 is 23.3 Å². The van der Waals surface area contributed by atoms with Crippen molar-refractivity contribution in [3.63, 3.8) is 0 Å². The highest BCUT2D eigenvalue weighted by Gasteiger charge is 2.64. The number of hydrogen-bond donors (Lipinski definition) is 1. The summed E-state index contributed by atoms with van der Waals surface area (Å²) in [5.41, 5.74) is 6.95. The number of amides is 1. The van der Waals surface area contributed by atoms with Crippen molar-refractivity contribution < 1.29 is 23.9 Å². The standard InChI is InChI=1S/C27H26N2O5/c1-3-29-19-13-9-8-12-18(19)27(26(29)32)22-20(30)14-17(16-10-6-5-7-11-16)15-21(22)34-24(28)23(27)25(31)33-4-2/h5-13,17H,3-4,14-15,28H2,1-2H3/t17-,27-/m1/s1. The summed E-state index contributed by atoms with van der Waals surface area (Å²) in [6.07, 6.45) is 0.594. The Balaban J connectivity index is 1.77. The molecule has 34 heavy (non-hydrogen) atoms. The number of anilines is 1. The van der Waals surface area contributed by atoms with Gasteiger partial charge in [-0.25, -0.2) is 4.79 Å². The number of nitrogens with zero attached hydrogens (tertiary/aromatic N) is 1. The molecular weight excluding hydrogens is 432 g/mol. The SMILES string of the molecule is CCOC(=O)C1=C(N)OC2=C(C(=O)C[C@@H](c3ccccc3)C2)[C@@]12C(=O)N(CC)c1ccccc12. The maximum atomic E-state index is 14.2. The second-order valence-electron chi connectivity index (χ2n) is 8.62. The van der Waals surface area contributed by atoms with Crippen molar-refractivity contribution in [1.82, 2.24) is 0 Å². The molecule has 1 spiro atoms. The van der Waals surface area contributed by atoms with E-state index in [1.165, 1.54) is 0 Å². The van der Waals surface area contributed by atoms with E-state index < -0.39 is 11.4 Å². The van der Waals surface area contributed by atoms with Crippen LogP contribution in [0.15, 0.2) is 77.4 Å². The smallest absolute Gasteiger partial charge is 0.341 e. The first-order valence-corrected chi connectivity index (χ1v) is 11.5. The maximum Gasteiger partial charge on any atom is 0.341 e. The molecule has 1 amide bonds. The van der Waals surface area contributed by atoms with Crippen LogP contribution in [0.3, 0.4) is 0 Å². The van der Waals surface area contributed by atoms with Crippen LogP contribution in [0, 0.1) is 0 Å². The molecule has 0 bridgehead atoms. The number of esters is 1. The van der Waals surface area contributed by atoms with E-state index in [1.807, 2.05) is 49.4 Å². The topological polar surface area (TPSA) is 98.9 Å². The lowest BCUT2D eigenvalue weighted by Crippen LogP contribution is -2.51. The monoisotopic (exact) mass is 458 g/mol. The van der Waals surface area contributed by atoms with Gasteiger partial charge in [0.1, 0.15) is 16.7 Å². The van der Waals surface area contributed by atoms with Crippen LogP contribution in [0.25, 0.3) is 0 Å². The molecule has 7 heteroatoms. The molecule has 0 aromatic heterocycles. The van der Waals surface area contributed by atoms with Crippen molar-refractivity contribution in [2.45, 2.75) is 38.0 Å².